The van der Waals surface area contributed by atoms with Gasteiger partial charge in [-0.05, 0) is 77.3 Å². The van der Waals surface area contributed by atoms with Crippen LogP contribution in [-0.4, -0.2) is 11.5 Å². The van der Waals surface area contributed by atoms with Crippen LogP contribution in [0.5, 0.6) is 0 Å². The molecule has 0 saturated carbocycles. The lowest BCUT2D eigenvalue weighted by molar-refractivity contribution is 0.748. The Morgan fingerprint density at radius 3 is 2.77 bits per heavy atom. The molecule has 0 aliphatic carbocycles. The minimum Gasteiger partial charge on any atom is -0.353 e. The molecule has 3 aromatic rings. The smallest absolute Gasteiger partial charge is 0.0650 e. The molecular weight excluding hydrogens is 380 g/mol. The summed E-state index contributed by atoms with van der Waals surface area (Å²) < 4.78 is 1.12. The predicted molar refractivity (Wildman–Crippen MR) is 101 cm³/mol. The second-order valence-electron chi connectivity index (χ2n) is 5.44. The summed E-state index contributed by atoms with van der Waals surface area (Å²) >= 11 is 11.9. The molecule has 0 aliphatic heterocycles. The Hall–Kier alpha value is -0.810. The fraction of sp³-hybridized carbons (Fsp3) is 0.294. The van der Waals surface area contributed by atoms with Gasteiger partial charge in [-0.25, -0.2) is 0 Å². The van der Waals surface area contributed by atoms with Crippen molar-refractivity contribution in [3.8, 4) is 10.6 Å². The molecule has 0 radical (unpaired) electrons. The minimum absolute atomic E-state index is 0.729. The van der Waals surface area contributed by atoms with Gasteiger partial charge < -0.3 is 10.7 Å². The molecule has 0 unspecified atom stereocenters. The van der Waals surface area contributed by atoms with Crippen LogP contribution in [-0.2, 0) is 6.42 Å². The zero-order chi connectivity index (χ0) is 15.7. The highest BCUT2D eigenvalue weighted by Crippen LogP contribution is 2.41. The molecule has 22 heavy (non-hydrogen) atoms. The van der Waals surface area contributed by atoms with E-state index >= 15 is 0 Å². The van der Waals surface area contributed by atoms with Crippen molar-refractivity contribution in [3.05, 3.63) is 44.2 Å². The van der Waals surface area contributed by atoms with E-state index in [1.54, 1.807) is 11.3 Å². The minimum atomic E-state index is 0.729. The number of aryl methyl sites for hydroxylation is 2. The zero-order valence-electron chi connectivity index (χ0n) is 12.4. The number of aromatic nitrogens is 1. The van der Waals surface area contributed by atoms with Gasteiger partial charge in [0, 0.05) is 9.86 Å². The number of hydrogen-bond donors (Lipinski definition) is 2. The van der Waals surface area contributed by atoms with Gasteiger partial charge >= 0.3 is 0 Å². The standard InChI is InChI=1S/C17H18BrClN2S/c1-10-5-6-13(19)14-11(4-2-3-8-20)16(21-15(10)14)17-12(18)7-9-22-17/h5-7,9,21H,2-4,8,20H2,1H3. The summed E-state index contributed by atoms with van der Waals surface area (Å²) in [6.07, 6.45) is 3.09. The Bertz CT molecular complexity index is 806. The van der Waals surface area contributed by atoms with Crippen molar-refractivity contribution in [1.29, 1.82) is 0 Å². The van der Waals surface area contributed by atoms with Gasteiger partial charge in [0.25, 0.3) is 0 Å². The van der Waals surface area contributed by atoms with Crippen molar-refractivity contribution in [2.75, 3.05) is 6.54 Å². The third-order valence-electron chi connectivity index (χ3n) is 3.94. The van der Waals surface area contributed by atoms with Crippen LogP contribution in [0.4, 0.5) is 0 Å². The first-order chi connectivity index (χ1) is 10.6. The third-order valence-corrected chi connectivity index (χ3v) is 6.11. The Kier molecular flexibility index (Phi) is 4.93. The van der Waals surface area contributed by atoms with Crippen LogP contribution in [0, 0.1) is 6.92 Å². The van der Waals surface area contributed by atoms with Crippen molar-refractivity contribution in [2.45, 2.75) is 26.2 Å². The lowest BCUT2D eigenvalue weighted by Gasteiger charge is -2.05. The molecule has 0 fully saturated rings. The maximum Gasteiger partial charge on any atom is 0.0650 e. The zero-order valence-corrected chi connectivity index (χ0v) is 15.5. The van der Waals surface area contributed by atoms with Crippen molar-refractivity contribution in [2.24, 2.45) is 5.73 Å². The average Bonchev–Trinajstić information content (AvgIpc) is 3.08. The number of benzene rings is 1. The van der Waals surface area contributed by atoms with E-state index in [2.05, 4.69) is 45.4 Å². The van der Waals surface area contributed by atoms with Gasteiger partial charge in [-0.1, -0.05) is 17.7 Å². The van der Waals surface area contributed by atoms with E-state index in [4.69, 9.17) is 17.3 Å². The third kappa shape index (κ3) is 2.85. The highest BCUT2D eigenvalue weighted by atomic mass is 79.9. The number of rotatable bonds is 5. The summed E-state index contributed by atoms with van der Waals surface area (Å²) in [5.41, 5.74) is 10.5. The lowest BCUT2D eigenvalue weighted by atomic mass is 10.0. The van der Waals surface area contributed by atoms with Crippen LogP contribution < -0.4 is 5.73 Å². The molecule has 0 amide bonds. The summed E-state index contributed by atoms with van der Waals surface area (Å²) in [5.74, 6) is 0. The first-order valence-electron chi connectivity index (χ1n) is 7.36. The first-order valence-corrected chi connectivity index (χ1v) is 9.41. The molecule has 0 bridgehead atoms. The number of fused-ring (bicyclic) bond motifs is 1. The second-order valence-corrected chi connectivity index (χ2v) is 7.61. The summed E-state index contributed by atoms with van der Waals surface area (Å²) in [6, 6.07) is 6.15. The van der Waals surface area contributed by atoms with Crippen LogP contribution in [0.1, 0.15) is 24.0 Å². The molecule has 3 N–H and O–H groups in total. The molecule has 0 aliphatic rings. The number of halogens is 2. The van der Waals surface area contributed by atoms with E-state index in [0.717, 1.165) is 46.2 Å². The molecule has 0 saturated heterocycles. The van der Waals surface area contributed by atoms with Gasteiger partial charge in [-0.3, -0.25) is 0 Å². The highest BCUT2D eigenvalue weighted by molar-refractivity contribution is 9.10. The molecule has 2 aromatic heterocycles. The van der Waals surface area contributed by atoms with E-state index in [1.807, 2.05) is 6.07 Å². The van der Waals surface area contributed by atoms with E-state index in [0.29, 0.717) is 0 Å². The topological polar surface area (TPSA) is 41.8 Å². The Morgan fingerprint density at radius 2 is 2.09 bits per heavy atom. The number of thiophene rings is 1. The van der Waals surface area contributed by atoms with Crippen molar-refractivity contribution in [3.63, 3.8) is 0 Å². The first kappa shape index (κ1) is 16.1. The maximum absolute atomic E-state index is 6.51. The second kappa shape index (κ2) is 6.75. The fourth-order valence-electron chi connectivity index (χ4n) is 2.83. The highest BCUT2D eigenvalue weighted by Gasteiger charge is 2.18. The van der Waals surface area contributed by atoms with Crippen LogP contribution in [0.2, 0.25) is 5.02 Å². The summed E-state index contributed by atoms with van der Waals surface area (Å²) in [5, 5.41) is 4.08. The van der Waals surface area contributed by atoms with Crippen LogP contribution in [0.15, 0.2) is 28.1 Å². The summed E-state index contributed by atoms with van der Waals surface area (Å²) in [4.78, 5) is 4.84. The Morgan fingerprint density at radius 1 is 1.27 bits per heavy atom. The molecule has 3 rings (SSSR count). The Labute approximate surface area is 147 Å². The fourth-order valence-corrected chi connectivity index (χ4v) is 4.70. The largest absolute Gasteiger partial charge is 0.353 e. The lowest BCUT2D eigenvalue weighted by Crippen LogP contribution is -1.99. The molecule has 116 valence electrons. The van der Waals surface area contributed by atoms with Crippen molar-refractivity contribution >= 4 is 49.8 Å². The molecule has 1 aromatic carbocycles. The summed E-state index contributed by atoms with van der Waals surface area (Å²) in [6.45, 7) is 2.85. The van der Waals surface area contributed by atoms with Crippen molar-refractivity contribution in [1.82, 2.24) is 4.98 Å². The van der Waals surface area contributed by atoms with E-state index in [1.165, 1.54) is 21.7 Å². The molecule has 0 spiro atoms. The number of nitrogens with two attached hydrogens (primary N) is 1. The van der Waals surface area contributed by atoms with E-state index in [9.17, 15) is 0 Å². The van der Waals surface area contributed by atoms with E-state index < -0.39 is 0 Å². The van der Waals surface area contributed by atoms with Gasteiger partial charge in [0.1, 0.15) is 0 Å². The number of unbranched alkanes of at least 4 members (excludes halogenated alkanes) is 1. The normalized spacial score (nSPS) is 11.5. The van der Waals surface area contributed by atoms with Gasteiger partial charge in [0.2, 0.25) is 0 Å². The van der Waals surface area contributed by atoms with Crippen LogP contribution in [0.25, 0.3) is 21.5 Å². The molecule has 0 atom stereocenters. The molecule has 2 heterocycles. The van der Waals surface area contributed by atoms with Gasteiger partial charge in [0.05, 0.1) is 21.1 Å². The molecule has 5 heteroatoms. The van der Waals surface area contributed by atoms with Crippen LogP contribution in [0.3, 0.4) is 0 Å². The van der Waals surface area contributed by atoms with Gasteiger partial charge in [0.15, 0.2) is 0 Å². The maximum atomic E-state index is 6.51. The SMILES string of the molecule is Cc1ccc(Cl)c2c(CCCCN)c(-c3sccc3Br)[nH]c12. The molecular formula is C17H18BrClN2S. The van der Waals surface area contributed by atoms with Gasteiger partial charge in [-0.15, -0.1) is 11.3 Å². The monoisotopic (exact) mass is 396 g/mol. The number of H-pyrrole nitrogens is 1. The molecule has 2 nitrogen and oxygen atoms in total. The predicted octanol–water partition coefficient (Wildman–Crippen LogP) is 5.90. The Balaban J connectivity index is 2.22. The van der Waals surface area contributed by atoms with E-state index in [-0.39, 0.29) is 0 Å². The summed E-state index contributed by atoms with van der Waals surface area (Å²) in [7, 11) is 0. The number of aromatic amines is 1. The quantitative estimate of drug-likeness (QED) is 0.517. The van der Waals surface area contributed by atoms with Gasteiger partial charge in [-0.2, -0.15) is 0 Å². The average molecular weight is 398 g/mol. The number of hydrogen-bond acceptors (Lipinski definition) is 2. The van der Waals surface area contributed by atoms with Crippen LogP contribution >= 0.6 is 38.9 Å². The number of nitrogens with one attached hydrogen (secondary N) is 1. The van der Waals surface area contributed by atoms with Crippen molar-refractivity contribution < 1.29 is 0 Å².